The topological polar surface area (TPSA) is 99.1 Å². The van der Waals surface area contributed by atoms with Gasteiger partial charge in [0.2, 0.25) is 5.91 Å². The van der Waals surface area contributed by atoms with Crippen LogP contribution in [0.4, 0.5) is 5.69 Å². The molecule has 0 bridgehead atoms. The van der Waals surface area contributed by atoms with Crippen LogP contribution in [0.25, 0.3) is 0 Å². The van der Waals surface area contributed by atoms with Crippen molar-refractivity contribution in [1.82, 2.24) is 5.32 Å². The van der Waals surface area contributed by atoms with Gasteiger partial charge in [0.1, 0.15) is 18.3 Å². The van der Waals surface area contributed by atoms with Crippen molar-refractivity contribution in [2.24, 2.45) is 0 Å². The molecule has 2 aromatic carbocycles. The molecule has 2 amide bonds. The molecule has 2 aromatic rings. The van der Waals surface area contributed by atoms with Gasteiger partial charge in [-0.05, 0) is 37.1 Å². The standard InChI is InChI=1S/C23H26N2O5/c1-14-6-8-16(9-7-14)23(29)24-13-19-22(28)21(27)18(30-19)12-20(26)25-11-10-15-4-2-3-5-17(15)25/h2-9,18-19,21-22,27-28H,10-13H2,1H3,(H,24,29). The molecule has 4 rings (SSSR count). The van der Waals surface area contributed by atoms with Crippen molar-refractivity contribution in [1.29, 1.82) is 0 Å². The van der Waals surface area contributed by atoms with Crippen LogP contribution in [-0.4, -0.2) is 59.5 Å². The lowest BCUT2D eigenvalue weighted by Gasteiger charge is -2.21. The first-order valence-electron chi connectivity index (χ1n) is 10.2. The number of para-hydroxylation sites is 1. The van der Waals surface area contributed by atoms with E-state index in [1.807, 2.05) is 43.3 Å². The van der Waals surface area contributed by atoms with Gasteiger partial charge in [-0.15, -0.1) is 0 Å². The fourth-order valence-corrected chi connectivity index (χ4v) is 4.04. The molecule has 158 valence electrons. The second kappa shape index (κ2) is 8.55. The third-order valence-corrected chi connectivity index (χ3v) is 5.80. The van der Waals surface area contributed by atoms with Crippen LogP contribution in [0.3, 0.4) is 0 Å². The van der Waals surface area contributed by atoms with E-state index in [1.54, 1.807) is 17.0 Å². The van der Waals surface area contributed by atoms with Gasteiger partial charge >= 0.3 is 0 Å². The molecular formula is C23H26N2O5. The first-order chi connectivity index (χ1) is 14.4. The highest BCUT2D eigenvalue weighted by Crippen LogP contribution is 2.30. The molecule has 30 heavy (non-hydrogen) atoms. The minimum absolute atomic E-state index is 0.0328. The van der Waals surface area contributed by atoms with Gasteiger partial charge in [0, 0.05) is 24.3 Å². The summed E-state index contributed by atoms with van der Waals surface area (Å²) in [6.45, 7) is 2.58. The largest absolute Gasteiger partial charge is 0.388 e. The Balaban J connectivity index is 1.33. The number of hydrogen-bond acceptors (Lipinski definition) is 5. The summed E-state index contributed by atoms with van der Waals surface area (Å²) in [5.41, 5.74) is 3.57. The van der Waals surface area contributed by atoms with Gasteiger partial charge < -0.3 is 25.2 Å². The molecule has 1 fully saturated rings. The Kier molecular flexibility index (Phi) is 5.85. The molecule has 1 saturated heterocycles. The number of amides is 2. The quantitative estimate of drug-likeness (QED) is 0.688. The predicted molar refractivity (Wildman–Crippen MR) is 111 cm³/mol. The molecule has 0 aromatic heterocycles. The summed E-state index contributed by atoms with van der Waals surface area (Å²) in [5.74, 6) is -0.436. The van der Waals surface area contributed by atoms with Crippen LogP contribution in [0.1, 0.15) is 27.9 Å². The zero-order chi connectivity index (χ0) is 21.3. The summed E-state index contributed by atoms with van der Waals surface area (Å²) in [4.78, 5) is 26.8. The van der Waals surface area contributed by atoms with Crippen molar-refractivity contribution >= 4 is 17.5 Å². The Hall–Kier alpha value is -2.74. The van der Waals surface area contributed by atoms with E-state index in [2.05, 4.69) is 5.32 Å². The lowest BCUT2D eigenvalue weighted by Crippen LogP contribution is -2.40. The van der Waals surface area contributed by atoms with Gasteiger partial charge in [-0.3, -0.25) is 9.59 Å². The van der Waals surface area contributed by atoms with Gasteiger partial charge in [-0.2, -0.15) is 0 Å². The molecule has 0 saturated carbocycles. The summed E-state index contributed by atoms with van der Waals surface area (Å²) >= 11 is 0. The number of benzene rings is 2. The lowest BCUT2D eigenvalue weighted by atomic mass is 10.0. The van der Waals surface area contributed by atoms with E-state index in [1.165, 1.54) is 0 Å². The van der Waals surface area contributed by atoms with E-state index >= 15 is 0 Å². The van der Waals surface area contributed by atoms with Crippen molar-refractivity contribution in [3.8, 4) is 0 Å². The maximum absolute atomic E-state index is 12.8. The van der Waals surface area contributed by atoms with Gasteiger partial charge in [-0.1, -0.05) is 35.9 Å². The van der Waals surface area contributed by atoms with Crippen LogP contribution in [0.15, 0.2) is 48.5 Å². The smallest absolute Gasteiger partial charge is 0.251 e. The van der Waals surface area contributed by atoms with Crippen LogP contribution < -0.4 is 10.2 Å². The highest BCUT2D eigenvalue weighted by atomic mass is 16.5. The average Bonchev–Trinajstić information content (AvgIpc) is 3.29. The van der Waals surface area contributed by atoms with Gasteiger partial charge in [0.25, 0.3) is 5.91 Å². The first-order valence-corrected chi connectivity index (χ1v) is 10.2. The van der Waals surface area contributed by atoms with Crippen LogP contribution in [0.5, 0.6) is 0 Å². The van der Waals surface area contributed by atoms with Crippen molar-refractivity contribution in [3.05, 3.63) is 65.2 Å². The summed E-state index contributed by atoms with van der Waals surface area (Å²) in [7, 11) is 0. The Morgan fingerprint density at radius 3 is 2.53 bits per heavy atom. The SMILES string of the molecule is Cc1ccc(C(=O)NCC2OC(CC(=O)N3CCc4ccccc43)C(O)C2O)cc1. The summed E-state index contributed by atoms with van der Waals surface area (Å²) in [5, 5.41) is 23.4. The third kappa shape index (κ3) is 4.09. The van der Waals surface area contributed by atoms with Crippen LogP contribution >= 0.6 is 0 Å². The molecule has 7 heteroatoms. The van der Waals surface area contributed by atoms with Gasteiger partial charge in [0.05, 0.1) is 12.5 Å². The van der Waals surface area contributed by atoms with Crippen molar-refractivity contribution in [2.75, 3.05) is 18.0 Å². The zero-order valence-electron chi connectivity index (χ0n) is 16.8. The third-order valence-electron chi connectivity index (χ3n) is 5.80. The second-order valence-electron chi connectivity index (χ2n) is 7.90. The minimum Gasteiger partial charge on any atom is -0.388 e. The normalized spacial score (nSPS) is 25.2. The predicted octanol–water partition coefficient (Wildman–Crippen LogP) is 1.19. The number of aliphatic hydroxyl groups excluding tert-OH is 2. The Bertz CT molecular complexity index is 929. The molecule has 0 spiro atoms. The number of ether oxygens (including phenoxy) is 1. The van der Waals surface area contributed by atoms with E-state index in [0.29, 0.717) is 12.1 Å². The highest BCUT2D eigenvalue weighted by molar-refractivity contribution is 5.96. The number of rotatable bonds is 5. The number of carbonyl (C=O) groups excluding carboxylic acids is 2. The van der Waals surface area contributed by atoms with Crippen molar-refractivity contribution in [3.63, 3.8) is 0 Å². The molecule has 0 aliphatic carbocycles. The number of nitrogens with zero attached hydrogens (tertiary/aromatic N) is 1. The number of aliphatic hydroxyl groups is 2. The van der Waals surface area contributed by atoms with E-state index in [0.717, 1.165) is 23.2 Å². The maximum Gasteiger partial charge on any atom is 0.251 e. The highest BCUT2D eigenvalue weighted by Gasteiger charge is 2.44. The van der Waals surface area contributed by atoms with Crippen LogP contribution in [0, 0.1) is 6.92 Å². The van der Waals surface area contributed by atoms with Crippen LogP contribution in [-0.2, 0) is 16.0 Å². The molecule has 4 atom stereocenters. The van der Waals surface area contributed by atoms with Crippen molar-refractivity contribution < 1.29 is 24.5 Å². The number of nitrogens with one attached hydrogen (secondary N) is 1. The fraction of sp³-hybridized carbons (Fsp3) is 0.391. The summed E-state index contributed by atoms with van der Waals surface area (Å²) < 4.78 is 5.75. The van der Waals surface area contributed by atoms with Crippen LogP contribution in [0.2, 0.25) is 0 Å². The Morgan fingerprint density at radius 2 is 1.77 bits per heavy atom. The lowest BCUT2D eigenvalue weighted by molar-refractivity contribution is -0.122. The van der Waals surface area contributed by atoms with E-state index in [9.17, 15) is 19.8 Å². The molecule has 4 unspecified atom stereocenters. The number of carbonyl (C=O) groups is 2. The molecule has 2 aliphatic heterocycles. The molecule has 2 heterocycles. The maximum atomic E-state index is 12.8. The minimum atomic E-state index is -1.19. The van der Waals surface area contributed by atoms with E-state index < -0.39 is 24.4 Å². The summed E-state index contributed by atoms with van der Waals surface area (Å²) in [6.07, 6.45) is -3.19. The van der Waals surface area contributed by atoms with E-state index in [4.69, 9.17) is 4.74 Å². The Labute approximate surface area is 175 Å². The molecule has 7 nitrogen and oxygen atoms in total. The van der Waals surface area contributed by atoms with E-state index in [-0.39, 0.29) is 24.8 Å². The average molecular weight is 410 g/mol. The number of anilines is 1. The van der Waals surface area contributed by atoms with Crippen molar-refractivity contribution in [2.45, 2.75) is 44.2 Å². The number of hydrogen-bond donors (Lipinski definition) is 3. The monoisotopic (exact) mass is 410 g/mol. The fourth-order valence-electron chi connectivity index (χ4n) is 4.04. The second-order valence-corrected chi connectivity index (χ2v) is 7.90. The first kappa shape index (κ1) is 20.5. The number of aryl methyl sites for hydroxylation is 1. The molecule has 0 radical (unpaired) electrons. The molecule has 2 aliphatic rings. The molecular weight excluding hydrogens is 384 g/mol. The summed E-state index contributed by atoms with van der Waals surface area (Å²) in [6, 6.07) is 14.9. The van der Waals surface area contributed by atoms with Gasteiger partial charge in [-0.25, -0.2) is 0 Å². The number of fused-ring (bicyclic) bond motifs is 1. The molecule has 3 N–H and O–H groups in total. The Morgan fingerprint density at radius 1 is 1.07 bits per heavy atom. The van der Waals surface area contributed by atoms with Gasteiger partial charge in [0.15, 0.2) is 0 Å². The zero-order valence-corrected chi connectivity index (χ0v) is 16.8.